The number of nitrogens with zero attached hydrogens (tertiary/aromatic N) is 3. The standard InChI is InChI=1S/C16H15N3O/c1-12-6-5-9-16(14(12)11-20)19-10-15(17-18-19)13-7-3-2-4-8-13/h2-10,20H,11H2,1H3. The van der Waals surface area contributed by atoms with E-state index in [2.05, 4.69) is 10.3 Å². The van der Waals surface area contributed by atoms with Gasteiger partial charge in [-0.1, -0.05) is 47.7 Å². The lowest BCUT2D eigenvalue weighted by Gasteiger charge is -2.09. The number of aryl methyl sites for hydroxylation is 1. The summed E-state index contributed by atoms with van der Waals surface area (Å²) in [6.07, 6.45) is 1.88. The summed E-state index contributed by atoms with van der Waals surface area (Å²) in [4.78, 5) is 0. The van der Waals surface area contributed by atoms with E-state index >= 15 is 0 Å². The summed E-state index contributed by atoms with van der Waals surface area (Å²) >= 11 is 0. The van der Waals surface area contributed by atoms with Crippen molar-refractivity contribution in [3.8, 4) is 16.9 Å². The van der Waals surface area contributed by atoms with Crippen molar-refractivity contribution in [2.45, 2.75) is 13.5 Å². The molecule has 0 aliphatic rings. The first-order chi connectivity index (χ1) is 9.79. The minimum absolute atomic E-state index is 0.0114. The number of aromatic nitrogens is 3. The lowest BCUT2D eigenvalue weighted by molar-refractivity contribution is 0.280. The Morgan fingerprint density at radius 2 is 1.85 bits per heavy atom. The first kappa shape index (κ1) is 12.6. The number of benzene rings is 2. The van der Waals surface area contributed by atoms with Gasteiger partial charge in [-0.25, -0.2) is 4.68 Å². The maximum absolute atomic E-state index is 9.52. The first-order valence-corrected chi connectivity index (χ1v) is 6.47. The average molecular weight is 265 g/mol. The highest BCUT2D eigenvalue weighted by Crippen LogP contribution is 2.21. The van der Waals surface area contributed by atoms with Crippen molar-refractivity contribution in [2.75, 3.05) is 0 Å². The highest BCUT2D eigenvalue weighted by Gasteiger charge is 2.09. The lowest BCUT2D eigenvalue weighted by Crippen LogP contribution is -2.02. The smallest absolute Gasteiger partial charge is 0.113 e. The molecule has 0 atom stereocenters. The predicted molar refractivity (Wildman–Crippen MR) is 77.5 cm³/mol. The molecule has 2 aromatic carbocycles. The summed E-state index contributed by atoms with van der Waals surface area (Å²) in [5.41, 5.74) is 4.62. The molecule has 1 heterocycles. The van der Waals surface area contributed by atoms with Gasteiger partial charge in [-0.15, -0.1) is 5.10 Å². The van der Waals surface area contributed by atoms with Crippen molar-refractivity contribution in [3.63, 3.8) is 0 Å². The summed E-state index contributed by atoms with van der Waals surface area (Å²) in [6, 6.07) is 15.8. The molecule has 0 saturated carbocycles. The SMILES string of the molecule is Cc1cccc(-n2cc(-c3ccccc3)nn2)c1CO. The van der Waals surface area contributed by atoms with E-state index in [1.807, 2.05) is 61.7 Å². The second-order valence-electron chi connectivity index (χ2n) is 4.65. The summed E-state index contributed by atoms with van der Waals surface area (Å²) < 4.78 is 1.71. The molecular formula is C16H15N3O. The molecule has 0 aliphatic heterocycles. The second kappa shape index (κ2) is 5.27. The van der Waals surface area contributed by atoms with Crippen LogP contribution >= 0.6 is 0 Å². The van der Waals surface area contributed by atoms with Gasteiger partial charge in [0.25, 0.3) is 0 Å². The summed E-state index contributed by atoms with van der Waals surface area (Å²) in [5, 5.41) is 17.9. The van der Waals surface area contributed by atoms with Crippen LogP contribution in [-0.4, -0.2) is 20.1 Å². The van der Waals surface area contributed by atoms with Crippen molar-refractivity contribution in [1.29, 1.82) is 0 Å². The van der Waals surface area contributed by atoms with Gasteiger partial charge in [0.15, 0.2) is 0 Å². The topological polar surface area (TPSA) is 50.9 Å². The Morgan fingerprint density at radius 1 is 1.05 bits per heavy atom. The fourth-order valence-corrected chi connectivity index (χ4v) is 2.23. The molecule has 0 fully saturated rings. The Hall–Kier alpha value is -2.46. The van der Waals surface area contributed by atoms with Gasteiger partial charge in [0.2, 0.25) is 0 Å². The number of hydrogen-bond acceptors (Lipinski definition) is 3. The van der Waals surface area contributed by atoms with Gasteiger partial charge in [0.05, 0.1) is 18.5 Å². The molecule has 0 radical (unpaired) electrons. The molecule has 0 spiro atoms. The summed E-state index contributed by atoms with van der Waals surface area (Å²) in [7, 11) is 0. The molecule has 3 rings (SSSR count). The summed E-state index contributed by atoms with van der Waals surface area (Å²) in [5.74, 6) is 0. The largest absolute Gasteiger partial charge is 0.392 e. The fourth-order valence-electron chi connectivity index (χ4n) is 2.23. The van der Waals surface area contributed by atoms with Crippen LogP contribution in [0.1, 0.15) is 11.1 Å². The normalized spacial score (nSPS) is 10.7. The van der Waals surface area contributed by atoms with E-state index < -0.39 is 0 Å². The van der Waals surface area contributed by atoms with Crippen LogP contribution in [0.3, 0.4) is 0 Å². The third-order valence-electron chi connectivity index (χ3n) is 3.35. The average Bonchev–Trinajstić information content (AvgIpc) is 2.97. The van der Waals surface area contributed by atoms with Crippen LogP contribution in [0.25, 0.3) is 16.9 Å². The predicted octanol–water partition coefficient (Wildman–Crippen LogP) is 2.74. The molecule has 0 unspecified atom stereocenters. The van der Waals surface area contributed by atoms with E-state index in [0.29, 0.717) is 0 Å². The molecule has 100 valence electrons. The Labute approximate surface area is 117 Å². The Morgan fingerprint density at radius 3 is 2.60 bits per heavy atom. The van der Waals surface area contributed by atoms with Gasteiger partial charge < -0.3 is 5.11 Å². The Balaban J connectivity index is 2.05. The van der Waals surface area contributed by atoms with Crippen LogP contribution < -0.4 is 0 Å². The van der Waals surface area contributed by atoms with E-state index in [9.17, 15) is 5.11 Å². The van der Waals surface area contributed by atoms with Crippen molar-refractivity contribution >= 4 is 0 Å². The first-order valence-electron chi connectivity index (χ1n) is 6.47. The minimum Gasteiger partial charge on any atom is -0.392 e. The van der Waals surface area contributed by atoms with Gasteiger partial charge in [-0.05, 0) is 18.6 Å². The van der Waals surface area contributed by atoms with Crippen LogP contribution in [0.2, 0.25) is 0 Å². The molecule has 0 aliphatic carbocycles. The van der Waals surface area contributed by atoms with Crippen molar-refractivity contribution in [3.05, 3.63) is 65.9 Å². The van der Waals surface area contributed by atoms with Crippen LogP contribution in [0.15, 0.2) is 54.7 Å². The molecule has 0 bridgehead atoms. The van der Waals surface area contributed by atoms with Crippen LogP contribution in [0, 0.1) is 6.92 Å². The van der Waals surface area contributed by atoms with Crippen molar-refractivity contribution in [1.82, 2.24) is 15.0 Å². The molecule has 0 saturated heterocycles. The molecule has 1 aromatic heterocycles. The highest BCUT2D eigenvalue weighted by atomic mass is 16.3. The van der Waals surface area contributed by atoms with Crippen LogP contribution in [-0.2, 0) is 6.61 Å². The summed E-state index contributed by atoms with van der Waals surface area (Å²) in [6.45, 7) is 1.96. The zero-order valence-corrected chi connectivity index (χ0v) is 11.2. The molecule has 0 amide bonds. The third-order valence-corrected chi connectivity index (χ3v) is 3.35. The highest BCUT2D eigenvalue weighted by molar-refractivity contribution is 5.58. The van der Waals surface area contributed by atoms with E-state index in [-0.39, 0.29) is 6.61 Å². The molecular weight excluding hydrogens is 250 g/mol. The minimum atomic E-state index is -0.0114. The van der Waals surface area contributed by atoms with Crippen molar-refractivity contribution < 1.29 is 5.11 Å². The molecule has 1 N–H and O–H groups in total. The third kappa shape index (κ3) is 2.21. The zero-order chi connectivity index (χ0) is 13.9. The van der Waals surface area contributed by atoms with Gasteiger partial charge in [0.1, 0.15) is 5.69 Å². The van der Waals surface area contributed by atoms with Gasteiger partial charge in [0, 0.05) is 11.1 Å². The van der Waals surface area contributed by atoms with Gasteiger partial charge >= 0.3 is 0 Å². The van der Waals surface area contributed by atoms with Crippen molar-refractivity contribution in [2.24, 2.45) is 0 Å². The second-order valence-corrected chi connectivity index (χ2v) is 4.65. The fraction of sp³-hybridized carbons (Fsp3) is 0.125. The lowest BCUT2D eigenvalue weighted by atomic mass is 10.1. The van der Waals surface area contributed by atoms with Crippen LogP contribution in [0.5, 0.6) is 0 Å². The van der Waals surface area contributed by atoms with Gasteiger partial charge in [-0.3, -0.25) is 0 Å². The zero-order valence-electron chi connectivity index (χ0n) is 11.2. The van der Waals surface area contributed by atoms with E-state index in [4.69, 9.17) is 0 Å². The molecule has 4 nitrogen and oxygen atoms in total. The Kier molecular flexibility index (Phi) is 3.31. The monoisotopic (exact) mass is 265 g/mol. The molecule has 20 heavy (non-hydrogen) atoms. The van der Waals surface area contributed by atoms with E-state index in [0.717, 1.165) is 28.1 Å². The molecule has 4 heteroatoms. The number of hydrogen-bond donors (Lipinski definition) is 1. The number of aliphatic hydroxyl groups is 1. The van der Waals surface area contributed by atoms with Gasteiger partial charge in [-0.2, -0.15) is 0 Å². The number of aliphatic hydroxyl groups excluding tert-OH is 1. The molecule has 3 aromatic rings. The Bertz CT molecular complexity index is 720. The van der Waals surface area contributed by atoms with Crippen LogP contribution in [0.4, 0.5) is 0 Å². The number of rotatable bonds is 3. The van der Waals surface area contributed by atoms with E-state index in [1.54, 1.807) is 4.68 Å². The quantitative estimate of drug-likeness (QED) is 0.792. The maximum Gasteiger partial charge on any atom is 0.113 e. The maximum atomic E-state index is 9.52. The van der Waals surface area contributed by atoms with E-state index in [1.165, 1.54) is 0 Å².